The maximum absolute atomic E-state index is 11.9. The van der Waals surface area contributed by atoms with Gasteiger partial charge in [-0.1, -0.05) is 59.7 Å². The summed E-state index contributed by atoms with van der Waals surface area (Å²) in [5, 5.41) is 0. The van der Waals surface area contributed by atoms with Gasteiger partial charge in [0, 0.05) is 0 Å². The molecule has 3 nitrogen and oxygen atoms in total. The Balaban J connectivity index is 2.86. The number of rotatable bonds is 8. The van der Waals surface area contributed by atoms with E-state index in [-0.39, 0.29) is 17.4 Å². The van der Waals surface area contributed by atoms with Crippen LogP contribution in [0.2, 0.25) is 0 Å². The van der Waals surface area contributed by atoms with Gasteiger partial charge in [-0.3, -0.25) is 0 Å². The van der Waals surface area contributed by atoms with Crippen molar-refractivity contribution >= 4 is 6.16 Å². The molecular formula is C21H31F3O3. The fourth-order valence-electron chi connectivity index (χ4n) is 2.58. The minimum atomic E-state index is -5.02. The van der Waals surface area contributed by atoms with Crippen LogP contribution in [-0.2, 0) is 26.7 Å². The molecule has 27 heavy (non-hydrogen) atoms. The third kappa shape index (κ3) is 7.43. The normalized spacial score (nSPS) is 12.8. The van der Waals surface area contributed by atoms with E-state index in [1.165, 1.54) is 11.1 Å². The van der Waals surface area contributed by atoms with E-state index in [2.05, 4.69) is 69.2 Å². The first kappa shape index (κ1) is 23.3. The first-order chi connectivity index (χ1) is 12.3. The van der Waals surface area contributed by atoms with Crippen molar-refractivity contribution in [1.29, 1.82) is 0 Å². The third-order valence-electron chi connectivity index (χ3n) is 5.35. The Bertz CT molecular complexity index is 600. The zero-order valence-electron chi connectivity index (χ0n) is 17.1. The van der Waals surface area contributed by atoms with Crippen LogP contribution in [0.4, 0.5) is 18.0 Å². The van der Waals surface area contributed by atoms with Gasteiger partial charge in [-0.05, 0) is 53.2 Å². The van der Waals surface area contributed by atoms with Gasteiger partial charge in [-0.25, -0.2) is 4.79 Å². The largest absolute Gasteiger partial charge is 0.577 e. The summed E-state index contributed by atoms with van der Waals surface area (Å²) in [6.45, 7) is 13.0. The topological polar surface area (TPSA) is 35.5 Å². The van der Waals surface area contributed by atoms with Crippen LogP contribution in [0.25, 0.3) is 0 Å². The lowest BCUT2D eigenvalue weighted by atomic mass is 9.75. The lowest BCUT2D eigenvalue weighted by molar-refractivity contribution is -0.299. The summed E-state index contributed by atoms with van der Waals surface area (Å²) >= 11 is 0. The van der Waals surface area contributed by atoms with Crippen LogP contribution < -0.4 is 0 Å². The van der Waals surface area contributed by atoms with Gasteiger partial charge in [0.25, 0.3) is 0 Å². The highest BCUT2D eigenvalue weighted by molar-refractivity contribution is 5.60. The molecular weight excluding hydrogens is 357 g/mol. The Morgan fingerprint density at radius 1 is 0.926 bits per heavy atom. The molecule has 0 saturated carbocycles. The summed E-state index contributed by atoms with van der Waals surface area (Å²) < 4.78 is 43.5. The molecule has 0 bridgehead atoms. The minimum Gasteiger partial charge on any atom is -0.434 e. The van der Waals surface area contributed by atoms with E-state index < -0.39 is 12.5 Å². The van der Waals surface area contributed by atoms with Gasteiger partial charge in [0.15, 0.2) is 0 Å². The van der Waals surface area contributed by atoms with Gasteiger partial charge < -0.3 is 9.47 Å². The van der Waals surface area contributed by atoms with Crippen molar-refractivity contribution in [1.82, 2.24) is 0 Å². The number of ether oxygens (including phenoxy) is 2. The molecule has 0 amide bonds. The SMILES string of the molecule is CCC(C)(C)c1cc(CCCOC(=O)OC(F)(F)F)cc(C(C)(C)CC)c1. The molecule has 0 aliphatic rings. The second-order valence-corrected chi connectivity index (χ2v) is 8.14. The Labute approximate surface area is 160 Å². The summed E-state index contributed by atoms with van der Waals surface area (Å²) in [7, 11) is 0. The second kappa shape index (κ2) is 8.98. The molecule has 0 fully saturated rings. The Morgan fingerprint density at radius 2 is 1.41 bits per heavy atom. The molecule has 1 aromatic carbocycles. The molecule has 0 saturated heterocycles. The Kier molecular flexibility index (Phi) is 7.76. The van der Waals surface area contributed by atoms with Crippen molar-refractivity contribution in [2.45, 2.75) is 84.4 Å². The monoisotopic (exact) mass is 388 g/mol. The summed E-state index contributed by atoms with van der Waals surface area (Å²) in [6, 6.07) is 6.55. The van der Waals surface area contributed by atoms with Crippen LogP contribution in [0.15, 0.2) is 18.2 Å². The maximum atomic E-state index is 11.9. The Morgan fingerprint density at radius 3 is 1.81 bits per heavy atom. The van der Waals surface area contributed by atoms with Crippen molar-refractivity contribution in [3.63, 3.8) is 0 Å². The zero-order valence-corrected chi connectivity index (χ0v) is 17.1. The molecule has 6 heteroatoms. The highest BCUT2D eigenvalue weighted by Crippen LogP contribution is 2.34. The molecule has 0 unspecified atom stereocenters. The molecule has 0 spiro atoms. The number of carbonyl (C=O) groups is 1. The summed E-state index contributed by atoms with van der Waals surface area (Å²) in [4.78, 5) is 11.0. The number of hydrogen-bond donors (Lipinski definition) is 0. The highest BCUT2D eigenvalue weighted by Gasteiger charge is 2.34. The number of alkyl halides is 3. The molecule has 1 aromatic rings. The summed E-state index contributed by atoms with van der Waals surface area (Å²) in [6.07, 6.45) is -3.70. The average molecular weight is 388 g/mol. The molecule has 154 valence electrons. The molecule has 0 aliphatic heterocycles. The second-order valence-electron chi connectivity index (χ2n) is 8.14. The van der Waals surface area contributed by atoms with Crippen LogP contribution in [0.5, 0.6) is 0 Å². The Hall–Kier alpha value is -1.72. The predicted molar refractivity (Wildman–Crippen MR) is 99.9 cm³/mol. The van der Waals surface area contributed by atoms with Gasteiger partial charge in [-0.2, -0.15) is 0 Å². The van der Waals surface area contributed by atoms with Gasteiger partial charge in [-0.15, -0.1) is 13.2 Å². The van der Waals surface area contributed by atoms with E-state index in [9.17, 15) is 18.0 Å². The molecule has 0 heterocycles. The van der Waals surface area contributed by atoms with E-state index in [1.807, 2.05) is 0 Å². The fourth-order valence-corrected chi connectivity index (χ4v) is 2.58. The standard InChI is InChI=1S/C21H31F3O3/c1-7-19(3,4)16-12-15(13-17(14-16)20(5,6)8-2)10-9-11-26-18(25)27-21(22,23)24/h12-14H,7-11H2,1-6H3. The van der Waals surface area contributed by atoms with Crippen molar-refractivity contribution in [3.8, 4) is 0 Å². The molecule has 0 atom stereocenters. The van der Waals surface area contributed by atoms with Crippen molar-refractivity contribution in [3.05, 3.63) is 34.9 Å². The number of aryl methyl sites for hydroxylation is 1. The summed E-state index contributed by atoms with van der Waals surface area (Å²) in [5.74, 6) is 0. The van der Waals surface area contributed by atoms with Crippen molar-refractivity contribution < 1.29 is 27.4 Å². The lowest BCUT2D eigenvalue weighted by Gasteiger charge is -2.29. The smallest absolute Gasteiger partial charge is 0.434 e. The summed E-state index contributed by atoms with van der Waals surface area (Å²) in [5.41, 5.74) is 3.65. The van der Waals surface area contributed by atoms with Crippen molar-refractivity contribution in [2.24, 2.45) is 0 Å². The van der Waals surface area contributed by atoms with E-state index in [0.717, 1.165) is 18.4 Å². The number of benzene rings is 1. The van der Waals surface area contributed by atoms with E-state index >= 15 is 0 Å². The zero-order chi connectivity index (χ0) is 20.9. The van der Waals surface area contributed by atoms with Crippen LogP contribution >= 0.6 is 0 Å². The highest BCUT2D eigenvalue weighted by atomic mass is 19.4. The van der Waals surface area contributed by atoms with Gasteiger partial charge in [0.2, 0.25) is 0 Å². The average Bonchev–Trinajstić information content (AvgIpc) is 2.57. The third-order valence-corrected chi connectivity index (χ3v) is 5.35. The molecule has 0 N–H and O–H groups in total. The number of hydrogen-bond acceptors (Lipinski definition) is 3. The number of carbonyl (C=O) groups excluding carboxylic acids is 1. The van der Waals surface area contributed by atoms with Crippen LogP contribution in [-0.4, -0.2) is 19.1 Å². The first-order valence-corrected chi connectivity index (χ1v) is 9.38. The fraction of sp³-hybridized carbons (Fsp3) is 0.667. The molecule has 0 radical (unpaired) electrons. The van der Waals surface area contributed by atoms with E-state index in [0.29, 0.717) is 12.8 Å². The minimum absolute atomic E-state index is 0.0294. The van der Waals surface area contributed by atoms with Crippen LogP contribution in [0.3, 0.4) is 0 Å². The van der Waals surface area contributed by atoms with Crippen molar-refractivity contribution in [2.75, 3.05) is 6.61 Å². The molecule has 0 aromatic heterocycles. The van der Waals surface area contributed by atoms with E-state index in [4.69, 9.17) is 0 Å². The predicted octanol–water partition coefficient (Wildman–Crippen LogP) is 6.67. The number of halogens is 3. The van der Waals surface area contributed by atoms with Gasteiger partial charge >= 0.3 is 12.5 Å². The lowest BCUT2D eigenvalue weighted by Crippen LogP contribution is -2.21. The first-order valence-electron chi connectivity index (χ1n) is 9.38. The quantitative estimate of drug-likeness (QED) is 0.369. The van der Waals surface area contributed by atoms with E-state index in [1.54, 1.807) is 0 Å². The maximum Gasteiger partial charge on any atom is 0.577 e. The van der Waals surface area contributed by atoms with Gasteiger partial charge in [0.1, 0.15) is 0 Å². The van der Waals surface area contributed by atoms with Crippen LogP contribution in [0.1, 0.15) is 77.5 Å². The van der Waals surface area contributed by atoms with Gasteiger partial charge in [0.05, 0.1) is 6.61 Å². The molecule has 0 aliphatic carbocycles. The molecule has 1 rings (SSSR count). The van der Waals surface area contributed by atoms with Crippen LogP contribution in [0, 0.1) is 0 Å².